The van der Waals surface area contributed by atoms with Crippen molar-refractivity contribution in [3.05, 3.63) is 5.15 Å². The Labute approximate surface area is 162 Å². The zero-order valence-corrected chi connectivity index (χ0v) is 17.0. The number of aromatic nitrogens is 2. The van der Waals surface area contributed by atoms with Gasteiger partial charge >= 0.3 is 6.09 Å². The Morgan fingerprint density at radius 2 is 2.15 bits per heavy atom. The van der Waals surface area contributed by atoms with Crippen LogP contribution in [0.15, 0.2) is 5.16 Å². The van der Waals surface area contributed by atoms with E-state index in [1.165, 1.54) is 16.7 Å². The number of ether oxygens (including phenoxy) is 1. The van der Waals surface area contributed by atoms with E-state index in [1.54, 1.807) is 20.8 Å². The van der Waals surface area contributed by atoms with Gasteiger partial charge in [-0.05, 0) is 27.2 Å². The first-order valence-electron chi connectivity index (χ1n) is 8.49. The second-order valence-electron chi connectivity index (χ2n) is 7.11. The van der Waals surface area contributed by atoms with Crippen molar-refractivity contribution in [1.82, 2.24) is 14.9 Å². The normalized spacial score (nSPS) is 20.3. The lowest BCUT2D eigenvalue weighted by Crippen LogP contribution is -2.36. The van der Waals surface area contributed by atoms with Gasteiger partial charge in [-0.15, -0.1) is 0 Å². The molecule has 0 aliphatic carbocycles. The molecule has 1 aliphatic rings. The van der Waals surface area contributed by atoms with Crippen LogP contribution >= 0.6 is 23.4 Å². The number of aliphatic hydroxyl groups is 1. The predicted octanol–water partition coefficient (Wildman–Crippen LogP) is 2.61. The Hall–Kier alpha value is -1.45. The highest BCUT2D eigenvalue weighted by molar-refractivity contribution is 7.99. The van der Waals surface area contributed by atoms with E-state index < -0.39 is 23.8 Å². The molecule has 0 aromatic carbocycles. The molecule has 26 heavy (non-hydrogen) atoms. The molecule has 1 amide bonds. The molecule has 1 aromatic heterocycles. The topological polar surface area (TPSA) is 114 Å². The summed E-state index contributed by atoms with van der Waals surface area (Å²) in [5, 5.41) is 14.1. The van der Waals surface area contributed by atoms with Crippen molar-refractivity contribution in [2.45, 2.75) is 57.0 Å². The fourth-order valence-electron chi connectivity index (χ4n) is 2.37. The van der Waals surface area contributed by atoms with Gasteiger partial charge in [0.1, 0.15) is 11.3 Å². The van der Waals surface area contributed by atoms with Crippen LogP contribution in [0, 0.1) is 0 Å². The molecule has 0 bridgehead atoms. The lowest BCUT2D eigenvalue weighted by Gasteiger charge is -2.24. The lowest BCUT2D eigenvalue weighted by molar-refractivity contribution is 0.0270. The van der Waals surface area contributed by atoms with Crippen molar-refractivity contribution in [2.75, 3.05) is 29.9 Å². The summed E-state index contributed by atoms with van der Waals surface area (Å²) in [5.74, 6) is 1.22. The number of aliphatic hydroxyl groups excluding tert-OH is 1. The standard InChI is InChI=1S/C16H26ClN5O3S/c1-5-6-26-14-20-12(17)11(18)13(21-14)19-9-7-22(8-10(9)23)15(24)25-16(2,3)4/h9-10,23H,5-8,18H2,1-4H3,(H,19,20,21). The zero-order valence-electron chi connectivity index (χ0n) is 15.5. The zero-order chi connectivity index (χ0) is 19.5. The van der Waals surface area contributed by atoms with Crippen molar-refractivity contribution in [3.63, 3.8) is 0 Å². The number of hydrogen-bond donors (Lipinski definition) is 3. The molecule has 2 rings (SSSR count). The van der Waals surface area contributed by atoms with Crippen LogP contribution in [0.25, 0.3) is 0 Å². The monoisotopic (exact) mass is 403 g/mol. The highest BCUT2D eigenvalue weighted by Crippen LogP contribution is 2.29. The number of nitrogens with zero attached hydrogens (tertiary/aromatic N) is 3. The number of halogens is 1. The summed E-state index contributed by atoms with van der Waals surface area (Å²) in [5.41, 5.74) is 5.59. The van der Waals surface area contributed by atoms with Crippen molar-refractivity contribution >= 4 is 41.0 Å². The SMILES string of the molecule is CCCSc1nc(Cl)c(N)c(NC2CN(C(=O)OC(C)(C)C)CC2O)n1. The fraction of sp³-hybridized carbons (Fsp3) is 0.688. The Morgan fingerprint density at radius 1 is 1.46 bits per heavy atom. The number of likely N-dealkylation sites (tertiary alicyclic amines) is 1. The van der Waals surface area contributed by atoms with E-state index in [1.807, 2.05) is 0 Å². The molecule has 0 spiro atoms. The Balaban J connectivity index is 2.08. The summed E-state index contributed by atoms with van der Waals surface area (Å²) in [6, 6.07) is -0.431. The minimum atomic E-state index is -0.776. The molecule has 1 aromatic rings. The van der Waals surface area contributed by atoms with Gasteiger partial charge in [0, 0.05) is 12.3 Å². The third kappa shape index (κ3) is 5.52. The molecule has 4 N–H and O–H groups in total. The molecule has 2 unspecified atom stereocenters. The van der Waals surface area contributed by atoms with Crippen LogP contribution in [0.1, 0.15) is 34.1 Å². The van der Waals surface area contributed by atoms with E-state index >= 15 is 0 Å². The fourth-order valence-corrected chi connectivity index (χ4v) is 3.29. The number of thioether (sulfide) groups is 1. The van der Waals surface area contributed by atoms with Crippen molar-refractivity contribution in [3.8, 4) is 0 Å². The first kappa shape index (κ1) is 20.9. The average molecular weight is 404 g/mol. The van der Waals surface area contributed by atoms with Gasteiger partial charge < -0.3 is 25.8 Å². The summed E-state index contributed by atoms with van der Waals surface area (Å²) >= 11 is 7.57. The molecule has 146 valence electrons. The van der Waals surface area contributed by atoms with E-state index in [9.17, 15) is 9.90 Å². The van der Waals surface area contributed by atoms with Gasteiger partial charge in [-0.2, -0.15) is 0 Å². The van der Waals surface area contributed by atoms with Gasteiger partial charge in [0.05, 0.1) is 18.7 Å². The summed E-state index contributed by atoms with van der Waals surface area (Å²) in [4.78, 5) is 22.2. The van der Waals surface area contributed by atoms with Gasteiger partial charge in [0.25, 0.3) is 0 Å². The number of anilines is 2. The third-order valence-electron chi connectivity index (χ3n) is 3.58. The molecule has 0 saturated carbocycles. The minimum Gasteiger partial charge on any atom is -0.444 e. The highest BCUT2D eigenvalue weighted by atomic mass is 35.5. The number of nitrogens with two attached hydrogens (primary N) is 1. The van der Waals surface area contributed by atoms with Gasteiger partial charge in [0.2, 0.25) is 0 Å². The number of hydrogen-bond acceptors (Lipinski definition) is 8. The summed E-state index contributed by atoms with van der Waals surface area (Å²) < 4.78 is 5.35. The molecule has 0 radical (unpaired) electrons. The molecule has 1 fully saturated rings. The number of nitrogens with one attached hydrogen (secondary N) is 1. The molecule has 1 saturated heterocycles. The van der Waals surface area contributed by atoms with Gasteiger partial charge in [-0.1, -0.05) is 30.3 Å². The first-order chi connectivity index (χ1) is 12.1. The third-order valence-corrected chi connectivity index (χ3v) is 4.92. The smallest absolute Gasteiger partial charge is 0.410 e. The molecule has 2 heterocycles. The van der Waals surface area contributed by atoms with Crippen LogP contribution in [0.2, 0.25) is 5.15 Å². The number of rotatable bonds is 5. The van der Waals surface area contributed by atoms with E-state index in [-0.39, 0.29) is 23.9 Å². The summed E-state index contributed by atoms with van der Waals surface area (Å²) in [6.07, 6.45) is -0.263. The van der Waals surface area contributed by atoms with Gasteiger partial charge in [0.15, 0.2) is 16.1 Å². The van der Waals surface area contributed by atoms with Gasteiger partial charge in [-0.25, -0.2) is 14.8 Å². The van der Waals surface area contributed by atoms with Crippen molar-refractivity contribution in [2.24, 2.45) is 0 Å². The summed E-state index contributed by atoms with van der Waals surface area (Å²) in [6.45, 7) is 7.90. The van der Waals surface area contributed by atoms with E-state index in [0.29, 0.717) is 11.0 Å². The minimum absolute atomic E-state index is 0.164. The number of β-amino-alcohol motifs (C(OH)–C–C–N with tert-alkyl or cyclic N) is 1. The largest absolute Gasteiger partial charge is 0.444 e. The Kier molecular flexibility index (Phi) is 6.81. The van der Waals surface area contributed by atoms with Gasteiger partial charge in [-0.3, -0.25) is 0 Å². The van der Waals surface area contributed by atoms with Crippen LogP contribution in [-0.2, 0) is 4.74 Å². The molecular weight excluding hydrogens is 378 g/mol. The predicted molar refractivity (Wildman–Crippen MR) is 104 cm³/mol. The van der Waals surface area contributed by atoms with Crippen LogP contribution < -0.4 is 11.1 Å². The van der Waals surface area contributed by atoms with Crippen LogP contribution in [0.5, 0.6) is 0 Å². The number of carbonyl (C=O) groups is 1. The Morgan fingerprint density at radius 3 is 2.77 bits per heavy atom. The van der Waals surface area contributed by atoms with Crippen LogP contribution in [0.3, 0.4) is 0 Å². The average Bonchev–Trinajstić information content (AvgIpc) is 2.89. The molecule has 2 atom stereocenters. The van der Waals surface area contributed by atoms with Crippen molar-refractivity contribution < 1.29 is 14.6 Å². The quantitative estimate of drug-likeness (QED) is 0.390. The first-order valence-corrected chi connectivity index (χ1v) is 9.85. The second-order valence-corrected chi connectivity index (χ2v) is 8.53. The van der Waals surface area contributed by atoms with Crippen LogP contribution in [0.4, 0.5) is 16.3 Å². The maximum absolute atomic E-state index is 12.2. The van der Waals surface area contributed by atoms with E-state index in [2.05, 4.69) is 22.2 Å². The second kappa shape index (κ2) is 8.49. The summed E-state index contributed by atoms with van der Waals surface area (Å²) in [7, 11) is 0. The number of carbonyl (C=O) groups excluding carboxylic acids is 1. The molecule has 8 nitrogen and oxygen atoms in total. The molecule has 10 heteroatoms. The van der Waals surface area contributed by atoms with Crippen LogP contribution in [-0.4, -0.2) is 62.7 Å². The molecule has 1 aliphatic heterocycles. The van der Waals surface area contributed by atoms with Crippen molar-refractivity contribution in [1.29, 1.82) is 0 Å². The maximum atomic E-state index is 12.2. The number of nitrogen functional groups attached to an aromatic ring is 1. The Bertz CT molecular complexity index is 656. The van der Waals surface area contributed by atoms with E-state index in [4.69, 9.17) is 22.1 Å². The lowest BCUT2D eigenvalue weighted by atomic mass is 10.2. The molecular formula is C16H26ClN5O3S. The van der Waals surface area contributed by atoms with E-state index in [0.717, 1.165) is 12.2 Å². The highest BCUT2D eigenvalue weighted by Gasteiger charge is 2.36. The maximum Gasteiger partial charge on any atom is 0.410 e. The number of amides is 1.